The first-order valence-corrected chi connectivity index (χ1v) is 9.59. The van der Waals surface area contributed by atoms with Crippen LogP contribution in [-0.2, 0) is 4.79 Å². The van der Waals surface area contributed by atoms with Crippen LogP contribution in [0.2, 0.25) is 0 Å². The van der Waals surface area contributed by atoms with Gasteiger partial charge >= 0.3 is 0 Å². The summed E-state index contributed by atoms with van der Waals surface area (Å²) in [7, 11) is 0. The number of benzene rings is 1. The van der Waals surface area contributed by atoms with E-state index in [4.69, 9.17) is 0 Å². The summed E-state index contributed by atoms with van der Waals surface area (Å²) >= 11 is 0. The second kappa shape index (κ2) is 7.60. The Bertz CT molecular complexity index is 744. The number of carbonyl (C=O) groups is 1. The number of hydrogen-bond acceptors (Lipinski definition) is 4. The van der Waals surface area contributed by atoms with E-state index in [0.29, 0.717) is 18.4 Å². The fourth-order valence-corrected chi connectivity index (χ4v) is 4.29. The van der Waals surface area contributed by atoms with Crippen LogP contribution < -0.4 is 16.2 Å². The van der Waals surface area contributed by atoms with E-state index < -0.39 is 0 Å². The number of nitrogens with zero attached hydrogens (tertiary/aromatic N) is 2. The van der Waals surface area contributed by atoms with Crippen LogP contribution in [0.15, 0.2) is 43.0 Å². The maximum atomic E-state index is 12.6. The fraction of sp³-hybridized carbons (Fsp3) is 0.500. The molecule has 2 aliphatic rings. The van der Waals surface area contributed by atoms with Crippen molar-refractivity contribution >= 4 is 5.91 Å². The SMILES string of the molecule is CC(NC(=O)CC1NNC2CCCCC21)c1cccc(-n2ccnc2)c1. The summed E-state index contributed by atoms with van der Waals surface area (Å²) in [6, 6.07) is 8.95. The highest BCUT2D eigenvalue weighted by molar-refractivity contribution is 5.77. The molecule has 1 saturated carbocycles. The second-order valence-corrected chi connectivity index (χ2v) is 7.51. The Kier molecular flexibility index (Phi) is 5.04. The average molecular weight is 353 g/mol. The Morgan fingerprint density at radius 3 is 3.08 bits per heavy atom. The molecule has 1 aromatic carbocycles. The molecule has 1 aromatic heterocycles. The summed E-state index contributed by atoms with van der Waals surface area (Å²) in [4.78, 5) is 16.7. The third-order valence-corrected chi connectivity index (χ3v) is 5.75. The molecular weight excluding hydrogens is 326 g/mol. The number of fused-ring (bicyclic) bond motifs is 1. The molecule has 6 heteroatoms. The van der Waals surface area contributed by atoms with Crippen LogP contribution in [0.5, 0.6) is 0 Å². The van der Waals surface area contributed by atoms with Gasteiger partial charge in [-0.25, -0.2) is 4.98 Å². The van der Waals surface area contributed by atoms with Gasteiger partial charge in [0.05, 0.1) is 12.4 Å². The van der Waals surface area contributed by atoms with Crippen LogP contribution in [0.4, 0.5) is 0 Å². The largest absolute Gasteiger partial charge is 0.350 e. The van der Waals surface area contributed by atoms with Gasteiger partial charge in [-0.3, -0.25) is 15.6 Å². The van der Waals surface area contributed by atoms with Crippen LogP contribution >= 0.6 is 0 Å². The lowest BCUT2D eigenvalue weighted by Gasteiger charge is -2.27. The minimum absolute atomic E-state index is 0.0255. The Morgan fingerprint density at radius 1 is 1.35 bits per heavy atom. The topological polar surface area (TPSA) is 71.0 Å². The standard InChI is InChI=1S/C20H27N5O/c1-14(15-5-4-6-16(11-15)25-10-9-21-13-25)22-20(26)12-19-17-7-2-3-8-18(17)23-24-19/h4-6,9-11,13-14,17-19,23-24H,2-3,7-8,12H2,1H3,(H,22,26). The minimum Gasteiger partial charge on any atom is -0.350 e. The normalized spacial score (nSPS) is 26.3. The number of nitrogens with one attached hydrogen (secondary N) is 3. The first kappa shape index (κ1) is 17.2. The van der Waals surface area contributed by atoms with E-state index >= 15 is 0 Å². The molecule has 6 nitrogen and oxygen atoms in total. The van der Waals surface area contributed by atoms with Crippen molar-refractivity contribution < 1.29 is 4.79 Å². The molecule has 1 saturated heterocycles. The summed E-state index contributed by atoms with van der Waals surface area (Å²) in [5.41, 5.74) is 8.88. The van der Waals surface area contributed by atoms with E-state index in [2.05, 4.69) is 33.3 Å². The highest BCUT2D eigenvalue weighted by Crippen LogP contribution is 2.31. The van der Waals surface area contributed by atoms with E-state index in [1.165, 1.54) is 25.7 Å². The average Bonchev–Trinajstić information content (AvgIpc) is 3.32. The Labute approximate surface area is 154 Å². The van der Waals surface area contributed by atoms with E-state index in [1.807, 2.05) is 29.8 Å². The zero-order valence-corrected chi connectivity index (χ0v) is 15.2. The van der Waals surface area contributed by atoms with Crippen molar-refractivity contribution in [2.75, 3.05) is 0 Å². The van der Waals surface area contributed by atoms with Crippen LogP contribution in [0.25, 0.3) is 5.69 Å². The third kappa shape index (κ3) is 3.66. The summed E-state index contributed by atoms with van der Waals surface area (Å²) < 4.78 is 1.97. The molecule has 2 heterocycles. The van der Waals surface area contributed by atoms with Crippen molar-refractivity contribution in [2.45, 2.75) is 57.2 Å². The van der Waals surface area contributed by atoms with Gasteiger partial charge in [-0.15, -0.1) is 0 Å². The predicted octanol–water partition coefficient (Wildman–Crippen LogP) is 2.47. The third-order valence-electron chi connectivity index (χ3n) is 5.75. The lowest BCUT2D eigenvalue weighted by atomic mass is 9.81. The van der Waals surface area contributed by atoms with Crippen molar-refractivity contribution in [3.05, 3.63) is 48.5 Å². The van der Waals surface area contributed by atoms with Gasteiger partial charge in [0.25, 0.3) is 0 Å². The van der Waals surface area contributed by atoms with Crippen LogP contribution in [0.3, 0.4) is 0 Å². The number of amides is 1. The molecule has 0 bridgehead atoms. The molecule has 1 amide bonds. The molecule has 26 heavy (non-hydrogen) atoms. The number of rotatable bonds is 5. The molecule has 2 fully saturated rings. The van der Waals surface area contributed by atoms with E-state index in [-0.39, 0.29) is 18.0 Å². The van der Waals surface area contributed by atoms with Crippen molar-refractivity contribution in [1.82, 2.24) is 25.7 Å². The summed E-state index contributed by atoms with van der Waals surface area (Å²) in [6.45, 7) is 2.04. The molecule has 3 N–H and O–H groups in total. The van der Waals surface area contributed by atoms with E-state index in [1.54, 1.807) is 12.5 Å². The maximum Gasteiger partial charge on any atom is 0.222 e. The maximum absolute atomic E-state index is 12.6. The first-order chi connectivity index (χ1) is 12.7. The van der Waals surface area contributed by atoms with Crippen molar-refractivity contribution in [2.24, 2.45) is 5.92 Å². The molecule has 1 aliphatic heterocycles. The lowest BCUT2D eigenvalue weighted by Crippen LogP contribution is -2.38. The van der Waals surface area contributed by atoms with Crippen LogP contribution in [0, 0.1) is 5.92 Å². The Morgan fingerprint density at radius 2 is 2.23 bits per heavy atom. The molecule has 4 atom stereocenters. The number of carbonyl (C=O) groups excluding carboxylic acids is 1. The van der Waals surface area contributed by atoms with E-state index in [0.717, 1.165) is 11.3 Å². The van der Waals surface area contributed by atoms with Crippen molar-refractivity contribution in [3.63, 3.8) is 0 Å². The van der Waals surface area contributed by atoms with Gasteiger partial charge in [0.1, 0.15) is 0 Å². The highest BCUT2D eigenvalue weighted by Gasteiger charge is 2.38. The quantitative estimate of drug-likeness (QED) is 0.772. The molecule has 0 spiro atoms. The summed E-state index contributed by atoms with van der Waals surface area (Å²) in [5, 5.41) is 3.16. The fourth-order valence-electron chi connectivity index (χ4n) is 4.29. The second-order valence-electron chi connectivity index (χ2n) is 7.51. The number of aromatic nitrogens is 2. The first-order valence-electron chi connectivity index (χ1n) is 9.59. The Balaban J connectivity index is 1.36. The molecule has 0 radical (unpaired) electrons. The molecule has 2 aromatic rings. The number of hydrazine groups is 1. The lowest BCUT2D eigenvalue weighted by molar-refractivity contribution is -0.122. The monoisotopic (exact) mass is 353 g/mol. The van der Waals surface area contributed by atoms with Gasteiger partial charge in [0.15, 0.2) is 0 Å². The molecular formula is C20H27N5O. The molecule has 4 rings (SSSR count). The number of imidazole rings is 1. The van der Waals surface area contributed by atoms with Gasteiger partial charge in [-0.05, 0) is 43.4 Å². The van der Waals surface area contributed by atoms with Gasteiger partial charge in [-0.2, -0.15) is 0 Å². The zero-order chi connectivity index (χ0) is 17.9. The highest BCUT2D eigenvalue weighted by atomic mass is 16.1. The Hall–Kier alpha value is -2.18. The predicted molar refractivity (Wildman–Crippen MR) is 101 cm³/mol. The van der Waals surface area contributed by atoms with Gasteiger partial charge in [-0.1, -0.05) is 25.0 Å². The molecule has 1 aliphatic carbocycles. The van der Waals surface area contributed by atoms with Crippen molar-refractivity contribution in [3.8, 4) is 5.69 Å². The molecule has 138 valence electrons. The smallest absolute Gasteiger partial charge is 0.222 e. The van der Waals surface area contributed by atoms with E-state index in [9.17, 15) is 4.79 Å². The minimum atomic E-state index is -0.0255. The summed E-state index contributed by atoms with van der Waals surface area (Å²) in [5.74, 6) is 0.686. The number of hydrogen-bond donors (Lipinski definition) is 3. The van der Waals surface area contributed by atoms with Gasteiger partial charge in [0.2, 0.25) is 5.91 Å². The van der Waals surface area contributed by atoms with Gasteiger partial charge < -0.3 is 9.88 Å². The van der Waals surface area contributed by atoms with Crippen LogP contribution in [0.1, 0.15) is 50.6 Å². The van der Waals surface area contributed by atoms with Crippen molar-refractivity contribution in [1.29, 1.82) is 0 Å². The van der Waals surface area contributed by atoms with Crippen LogP contribution in [-0.4, -0.2) is 27.5 Å². The summed E-state index contributed by atoms with van der Waals surface area (Å²) in [6.07, 6.45) is 11.0. The van der Waals surface area contributed by atoms with Gasteiger partial charge in [0, 0.05) is 36.6 Å². The molecule has 4 unspecified atom stereocenters. The zero-order valence-electron chi connectivity index (χ0n) is 15.2.